The fourth-order valence-corrected chi connectivity index (χ4v) is 5.17. The normalized spacial score (nSPS) is 12.3. The van der Waals surface area contributed by atoms with Crippen molar-refractivity contribution in [1.82, 2.24) is 0 Å². The third kappa shape index (κ3) is 33.1. The first-order valence-electron chi connectivity index (χ1n) is 18.4. The Morgan fingerprint density at radius 1 is 0.535 bits per heavy atom. The Morgan fingerprint density at radius 3 is 1.42 bits per heavy atom. The maximum absolute atomic E-state index is 12.1. The summed E-state index contributed by atoms with van der Waals surface area (Å²) in [6.45, 7) is 4.10. The number of aliphatic hydroxyl groups is 1. The van der Waals surface area contributed by atoms with E-state index in [1.807, 2.05) is 0 Å². The minimum Gasteiger partial charge on any atom is -0.462 e. The van der Waals surface area contributed by atoms with E-state index in [0.717, 1.165) is 51.4 Å². The predicted octanol–water partition coefficient (Wildman–Crippen LogP) is 11.1. The van der Waals surface area contributed by atoms with E-state index in [-0.39, 0.29) is 25.2 Å². The van der Waals surface area contributed by atoms with Gasteiger partial charge < -0.3 is 14.6 Å². The van der Waals surface area contributed by atoms with Crippen molar-refractivity contribution in [3.8, 4) is 0 Å². The highest BCUT2D eigenvalue weighted by molar-refractivity contribution is 5.70. The van der Waals surface area contributed by atoms with Gasteiger partial charge in [0.05, 0.1) is 6.61 Å². The monoisotopic (exact) mass is 607 g/mol. The van der Waals surface area contributed by atoms with Gasteiger partial charge in [0.25, 0.3) is 0 Å². The van der Waals surface area contributed by atoms with E-state index in [4.69, 9.17) is 9.47 Å². The Bertz CT molecular complexity index is 657. The molecule has 0 radical (unpaired) electrons. The molecule has 0 rings (SSSR count). The van der Waals surface area contributed by atoms with Crippen LogP contribution >= 0.6 is 0 Å². The average Bonchev–Trinajstić information content (AvgIpc) is 3.01. The molecule has 0 spiro atoms. The van der Waals surface area contributed by atoms with Gasteiger partial charge in [-0.2, -0.15) is 0 Å². The van der Waals surface area contributed by atoms with Crippen LogP contribution in [0.4, 0.5) is 0 Å². The van der Waals surface area contributed by atoms with Gasteiger partial charge in [0.1, 0.15) is 6.61 Å². The lowest BCUT2D eigenvalue weighted by molar-refractivity contribution is -0.161. The molecule has 0 fully saturated rings. The molecule has 0 saturated carbocycles. The quantitative estimate of drug-likeness (QED) is 0.0457. The van der Waals surface area contributed by atoms with E-state index >= 15 is 0 Å². The highest BCUT2D eigenvalue weighted by Crippen LogP contribution is 2.14. The number of aliphatic hydroxyl groups excluding tert-OH is 1. The van der Waals surface area contributed by atoms with Gasteiger partial charge in [0, 0.05) is 12.8 Å². The van der Waals surface area contributed by atoms with Crippen LogP contribution in [0, 0.1) is 0 Å². The second-order valence-electron chi connectivity index (χ2n) is 12.3. The van der Waals surface area contributed by atoms with Crippen LogP contribution in [0.2, 0.25) is 0 Å². The van der Waals surface area contributed by atoms with Crippen molar-refractivity contribution in [1.29, 1.82) is 0 Å². The van der Waals surface area contributed by atoms with E-state index in [9.17, 15) is 14.7 Å². The number of carbonyl (C=O) groups is 2. The minimum absolute atomic E-state index is 0.0676. The Hall–Kier alpha value is -1.62. The van der Waals surface area contributed by atoms with Gasteiger partial charge in [-0.15, -0.1) is 0 Å². The molecule has 5 heteroatoms. The summed E-state index contributed by atoms with van der Waals surface area (Å²) in [5.74, 6) is -0.602. The number of rotatable bonds is 33. The topological polar surface area (TPSA) is 72.8 Å². The molecule has 0 heterocycles. The molecular formula is C38H70O5. The van der Waals surface area contributed by atoms with E-state index in [1.165, 1.54) is 109 Å². The third-order valence-corrected chi connectivity index (χ3v) is 8.00. The molecule has 252 valence electrons. The lowest BCUT2D eigenvalue weighted by Gasteiger charge is -2.15. The molecule has 0 unspecified atom stereocenters. The summed E-state index contributed by atoms with van der Waals surface area (Å²) in [6, 6.07) is 0. The number of ether oxygens (including phenoxy) is 2. The second kappa shape index (κ2) is 34.9. The number of carbonyl (C=O) groups excluding carboxylic acids is 2. The highest BCUT2D eigenvalue weighted by Gasteiger charge is 2.16. The molecule has 0 saturated heterocycles. The molecule has 0 aliphatic rings. The van der Waals surface area contributed by atoms with E-state index < -0.39 is 6.10 Å². The van der Waals surface area contributed by atoms with Crippen LogP contribution in [0.25, 0.3) is 0 Å². The van der Waals surface area contributed by atoms with Crippen molar-refractivity contribution in [2.75, 3.05) is 13.2 Å². The molecule has 0 aromatic rings. The molecule has 0 aliphatic heterocycles. The molecule has 1 atom stereocenters. The zero-order valence-corrected chi connectivity index (χ0v) is 28.5. The fraction of sp³-hybridized carbons (Fsp3) is 0.842. The Balaban J connectivity index is 3.57. The maximum Gasteiger partial charge on any atom is 0.306 e. The highest BCUT2D eigenvalue weighted by atomic mass is 16.6. The summed E-state index contributed by atoms with van der Waals surface area (Å²) in [4.78, 5) is 24.2. The van der Waals surface area contributed by atoms with Crippen molar-refractivity contribution in [2.24, 2.45) is 0 Å². The van der Waals surface area contributed by atoms with Crippen LogP contribution in [0.3, 0.4) is 0 Å². The van der Waals surface area contributed by atoms with Gasteiger partial charge in [-0.1, -0.05) is 154 Å². The zero-order chi connectivity index (χ0) is 31.5. The molecular weight excluding hydrogens is 536 g/mol. The number of allylic oxidation sites excluding steroid dienone is 4. The average molecular weight is 607 g/mol. The molecule has 0 aromatic carbocycles. The van der Waals surface area contributed by atoms with Crippen LogP contribution in [0.1, 0.15) is 187 Å². The summed E-state index contributed by atoms with van der Waals surface area (Å²) in [5.41, 5.74) is 0. The SMILES string of the molecule is CCCCC/C=C/C/C=C/CCCCCCCC(=O)O[C@@H](CO)COC(=O)CCCCCCCCCCCCCCCC. The molecule has 0 aliphatic carbocycles. The predicted molar refractivity (Wildman–Crippen MR) is 182 cm³/mol. The van der Waals surface area contributed by atoms with Crippen molar-refractivity contribution in [3.63, 3.8) is 0 Å². The lowest BCUT2D eigenvalue weighted by atomic mass is 10.0. The summed E-state index contributed by atoms with van der Waals surface area (Å²) in [7, 11) is 0. The number of unbranched alkanes of at least 4 members (excludes halogenated alkanes) is 21. The molecule has 0 bridgehead atoms. The minimum atomic E-state index is -0.772. The van der Waals surface area contributed by atoms with Gasteiger partial charge in [0.2, 0.25) is 0 Å². The summed E-state index contributed by atoms with van der Waals surface area (Å²) in [5, 5.41) is 9.52. The lowest BCUT2D eigenvalue weighted by Crippen LogP contribution is -2.28. The van der Waals surface area contributed by atoms with Crippen molar-refractivity contribution >= 4 is 11.9 Å². The molecule has 0 amide bonds. The van der Waals surface area contributed by atoms with E-state index in [0.29, 0.717) is 12.8 Å². The third-order valence-electron chi connectivity index (χ3n) is 8.00. The van der Waals surface area contributed by atoms with Crippen LogP contribution in [0.5, 0.6) is 0 Å². The van der Waals surface area contributed by atoms with Gasteiger partial charge >= 0.3 is 11.9 Å². The van der Waals surface area contributed by atoms with Gasteiger partial charge in [0.15, 0.2) is 6.10 Å². The summed E-state index contributed by atoms with van der Waals surface area (Å²) >= 11 is 0. The van der Waals surface area contributed by atoms with E-state index in [2.05, 4.69) is 38.2 Å². The number of esters is 2. The largest absolute Gasteiger partial charge is 0.462 e. The van der Waals surface area contributed by atoms with Gasteiger partial charge in [-0.25, -0.2) is 0 Å². The van der Waals surface area contributed by atoms with Crippen molar-refractivity contribution < 1.29 is 24.2 Å². The Morgan fingerprint density at radius 2 is 0.930 bits per heavy atom. The fourth-order valence-electron chi connectivity index (χ4n) is 5.17. The maximum atomic E-state index is 12.1. The van der Waals surface area contributed by atoms with Crippen LogP contribution in [-0.4, -0.2) is 36.4 Å². The Labute approximate surface area is 266 Å². The second-order valence-corrected chi connectivity index (χ2v) is 12.3. The summed E-state index contributed by atoms with van der Waals surface area (Å²) in [6.07, 6.45) is 39.4. The van der Waals surface area contributed by atoms with Gasteiger partial charge in [-0.05, 0) is 44.9 Å². The van der Waals surface area contributed by atoms with Crippen molar-refractivity contribution in [3.05, 3.63) is 24.3 Å². The van der Waals surface area contributed by atoms with E-state index in [1.54, 1.807) is 0 Å². The first-order valence-corrected chi connectivity index (χ1v) is 18.4. The first-order chi connectivity index (χ1) is 21.1. The van der Waals surface area contributed by atoms with Crippen LogP contribution in [0.15, 0.2) is 24.3 Å². The first kappa shape index (κ1) is 41.4. The molecule has 5 nitrogen and oxygen atoms in total. The standard InChI is InChI=1S/C38H70O5/c1-3-5-7-9-11-13-15-17-19-21-23-25-27-29-31-33-38(41)43-36(34-39)35-42-37(40)32-30-28-26-24-22-20-18-16-14-12-10-8-6-4-2/h11,13,17,19,36,39H,3-10,12,14-16,18,20-35H2,1-2H3/b13-11+,19-17+/t36-/m0/s1. The molecule has 1 N–H and O–H groups in total. The molecule has 43 heavy (non-hydrogen) atoms. The van der Waals surface area contributed by atoms with Gasteiger partial charge in [-0.3, -0.25) is 9.59 Å². The van der Waals surface area contributed by atoms with Crippen LogP contribution in [-0.2, 0) is 19.1 Å². The summed E-state index contributed by atoms with van der Waals surface area (Å²) < 4.78 is 10.6. The zero-order valence-electron chi connectivity index (χ0n) is 28.5. The van der Waals surface area contributed by atoms with Crippen molar-refractivity contribution in [2.45, 2.75) is 193 Å². The van der Waals surface area contributed by atoms with Crippen LogP contribution < -0.4 is 0 Å². The number of hydrogen-bond acceptors (Lipinski definition) is 5. The number of hydrogen-bond donors (Lipinski definition) is 1. The smallest absolute Gasteiger partial charge is 0.306 e. The Kier molecular flexibility index (Phi) is 33.6. The molecule has 0 aromatic heterocycles.